The summed E-state index contributed by atoms with van der Waals surface area (Å²) in [5.74, 6) is 1.61. The smallest absolute Gasteiger partial charge is 0.224 e. The predicted octanol–water partition coefficient (Wildman–Crippen LogP) is 4.56. The van der Waals surface area contributed by atoms with Crippen LogP contribution in [0.2, 0.25) is 0 Å². The van der Waals surface area contributed by atoms with Crippen LogP contribution < -0.4 is 10.6 Å². The van der Waals surface area contributed by atoms with Crippen molar-refractivity contribution >= 4 is 33.3 Å². The molecule has 0 saturated heterocycles. The van der Waals surface area contributed by atoms with Crippen molar-refractivity contribution in [1.82, 2.24) is 19.9 Å². The van der Waals surface area contributed by atoms with Gasteiger partial charge >= 0.3 is 0 Å². The number of nitrogens with one attached hydrogen (secondary N) is 2. The Morgan fingerprint density at radius 3 is 2.67 bits per heavy atom. The topological polar surface area (TPSA) is 105 Å². The maximum Gasteiger partial charge on any atom is 0.224 e. The van der Waals surface area contributed by atoms with Gasteiger partial charge in [-0.15, -0.1) is 11.3 Å². The third-order valence-corrected chi connectivity index (χ3v) is 7.55. The van der Waals surface area contributed by atoms with Gasteiger partial charge in [0.2, 0.25) is 5.95 Å². The number of methoxy groups -OCH3 is 1. The third-order valence-electron chi connectivity index (χ3n) is 6.52. The molecule has 1 aliphatic rings. The van der Waals surface area contributed by atoms with E-state index in [4.69, 9.17) is 19.7 Å². The zero-order valence-electron chi connectivity index (χ0n) is 20.3. The fourth-order valence-corrected chi connectivity index (χ4v) is 5.48. The van der Waals surface area contributed by atoms with E-state index in [0.717, 1.165) is 57.3 Å². The minimum absolute atomic E-state index is 0.0482. The lowest BCUT2D eigenvalue weighted by atomic mass is 9.89. The summed E-state index contributed by atoms with van der Waals surface area (Å²) in [6.07, 6.45) is 4.75. The zero-order chi connectivity index (χ0) is 23.8. The molecule has 3 N–H and O–H groups in total. The van der Waals surface area contributed by atoms with Crippen molar-refractivity contribution < 1.29 is 9.84 Å². The van der Waals surface area contributed by atoms with Crippen LogP contribution in [0.1, 0.15) is 51.4 Å². The normalized spacial score (nSPS) is 19.7. The van der Waals surface area contributed by atoms with Gasteiger partial charge in [-0.3, -0.25) is 4.98 Å². The summed E-state index contributed by atoms with van der Waals surface area (Å²) in [5.41, 5.74) is 2.94. The fourth-order valence-electron chi connectivity index (χ4n) is 4.37. The summed E-state index contributed by atoms with van der Waals surface area (Å²) >= 11 is 1.63. The lowest BCUT2D eigenvalue weighted by Crippen LogP contribution is -2.30. The van der Waals surface area contributed by atoms with Gasteiger partial charge in [0.1, 0.15) is 16.3 Å². The first kappa shape index (κ1) is 23.8. The van der Waals surface area contributed by atoms with E-state index in [1.54, 1.807) is 18.4 Å². The molecule has 4 rings (SSSR count). The van der Waals surface area contributed by atoms with Gasteiger partial charge < -0.3 is 20.5 Å². The number of aryl methyl sites for hydroxylation is 2. The van der Waals surface area contributed by atoms with Gasteiger partial charge in [-0.05, 0) is 65.9 Å². The van der Waals surface area contributed by atoms with Crippen molar-refractivity contribution in [3.05, 3.63) is 23.7 Å². The fraction of sp³-hybridized carbons (Fsp3) is 0.583. The van der Waals surface area contributed by atoms with E-state index in [0.29, 0.717) is 12.5 Å². The average molecular weight is 471 g/mol. The van der Waals surface area contributed by atoms with Crippen LogP contribution in [0.3, 0.4) is 0 Å². The maximum absolute atomic E-state index is 10.5. The van der Waals surface area contributed by atoms with Crippen LogP contribution in [0.4, 0.5) is 11.8 Å². The van der Waals surface area contributed by atoms with Crippen LogP contribution in [0.25, 0.3) is 20.8 Å². The van der Waals surface area contributed by atoms with Crippen LogP contribution in [0.15, 0.2) is 12.3 Å². The van der Waals surface area contributed by atoms with E-state index in [-0.39, 0.29) is 18.1 Å². The second kappa shape index (κ2) is 9.48. The van der Waals surface area contributed by atoms with Crippen LogP contribution in [0, 0.1) is 19.8 Å². The van der Waals surface area contributed by atoms with E-state index >= 15 is 0 Å². The van der Waals surface area contributed by atoms with Crippen molar-refractivity contribution in [1.29, 1.82) is 0 Å². The number of thiazole rings is 1. The number of aliphatic hydroxyl groups is 1. The minimum Gasteiger partial charge on any atom is -0.390 e. The summed E-state index contributed by atoms with van der Waals surface area (Å²) in [5, 5.41) is 18.3. The van der Waals surface area contributed by atoms with Gasteiger partial charge in [-0.25, -0.2) is 9.97 Å². The van der Waals surface area contributed by atoms with Crippen molar-refractivity contribution in [2.45, 2.75) is 71.6 Å². The lowest BCUT2D eigenvalue weighted by Gasteiger charge is -2.25. The number of pyridine rings is 1. The molecular formula is C24H34N6O2S. The molecule has 3 atom stereocenters. The van der Waals surface area contributed by atoms with Gasteiger partial charge in [-0.2, -0.15) is 4.98 Å². The van der Waals surface area contributed by atoms with E-state index in [1.807, 2.05) is 46.9 Å². The molecule has 0 amide bonds. The van der Waals surface area contributed by atoms with Gasteiger partial charge in [0.15, 0.2) is 0 Å². The Balaban J connectivity index is 1.70. The Morgan fingerprint density at radius 2 is 2.00 bits per heavy atom. The number of hydrogen-bond acceptors (Lipinski definition) is 9. The van der Waals surface area contributed by atoms with E-state index in [2.05, 4.69) is 15.6 Å². The average Bonchev–Trinajstić information content (AvgIpc) is 3.39. The standard InChI is InChI=1S/C24H34N6O2S/c1-13(32-6)12-26-23-27-14(2)19(22-29-20-15(3)25-10-9-18(20)33-22)21(30-23)28-17-8-7-16(11-17)24(4,5)31/h9-10,13,16-17,31H,7-8,11-12H2,1-6H3,(H2,26,27,28,30). The monoisotopic (exact) mass is 470 g/mol. The van der Waals surface area contributed by atoms with E-state index in [1.165, 1.54) is 0 Å². The van der Waals surface area contributed by atoms with Crippen molar-refractivity contribution in [3.8, 4) is 10.6 Å². The molecule has 0 aromatic carbocycles. The Hall–Kier alpha value is -2.36. The Labute approximate surface area is 199 Å². The molecule has 3 unspecified atom stereocenters. The molecule has 178 valence electrons. The summed E-state index contributed by atoms with van der Waals surface area (Å²) in [7, 11) is 1.69. The van der Waals surface area contributed by atoms with Crippen molar-refractivity contribution in [2.75, 3.05) is 24.3 Å². The van der Waals surface area contributed by atoms with Crippen LogP contribution >= 0.6 is 11.3 Å². The molecule has 0 radical (unpaired) electrons. The number of ether oxygens (including phenoxy) is 1. The van der Waals surface area contributed by atoms with Crippen LogP contribution in [0.5, 0.6) is 0 Å². The molecule has 8 nitrogen and oxygen atoms in total. The highest BCUT2D eigenvalue weighted by Gasteiger charge is 2.35. The second-order valence-corrected chi connectivity index (χ2v) is 10.6. The Bertz CT molecular complexity index is 1130. The minimum atomic E-state index is -0.679. The molecule has 9 heteroatoms. The maximum atomic E-state index is 10.5. The molecule has 1 saturated carbocycles. The Morgan fingerprint density at radius 1 is 1.21 bits per heavy atom. The van der Waals surface area contributed by atoms with Crippen molar-refractivity contribution in [3.63, 3.8) is 0 Å². The molecule has 0 spiro atoms. The number of hydrogen-bond donors (Lipinski definition) is 3. The van der Waals surface area contributed by atoms with Crippen LogP contribution in [-0.4, -0.2) is 56.4 Å². The first-order chi connectivity index (χ1) is 15.7. The summed E-state index contributed by atoms with van der Waals surface area (Å²) in [6.45, 7) is 10.4. The quantitative estimate of drug-likeness (QED) is 0.440. The number of nitrogens with zero attached hydrogens (tertiary/aromatic N) is 4. The van der Waals surface area contributed by atoms with E-state index < -0.39 is 5.60 Å². The molecule has 3 aromatic rings. The predicted molar refractivity (Wildman–Crippen MR) is 134 cm³/mol. The number of rotatable bonds is 8. The second-order valence-electron chi connectivity index (χ2n) is 9.55. The zero-order valence-corrected chi connectivity index (χ0v) is 21.1. The molecule has 0 aliphatic heterocycles. The van der Waals surface area contributed by atoms with Crippen molar-refractivity contribution in [2.24, 2.45) is 5.92 Å². The highest BCUT2D eigenvalue weighted by molar-refractivity contribution is 7.21. The molecule has 0 bridgehead atoms. The number of aromatic nitrogens is 4. The highest BCUT2D eigenvalue weighted by Crippen LogP contribution is 2.39. The van der Waals surface area contributed by atoms with E-state index in [9.17, 15) is 5.11 Å². The first-order valence-corrected chi connectivity index (χ1v) is 12.3. The van der Waals surface area contributed by atoms with Gasteiger partial charge in [0, 0.05) is 25.9 Å². The highest BCUT2D eigenvalue weighted by atomic mass is 32.1. The Kier molecular flexibility index (Phi) is 6.83. The van der Waals surface area contributed by atoms with Crippen LogP contribution in [-0.2, 0) is 4.74 Å². The SMILES string of the molecule is COC(C)CNc1nc(C)c(-c2nc3c(C)nccc3s2)c(NC2CCC(C(C)(C)O)C2)n1. The molecule has 3 heterocycles. The third kappa shape index (κ3) is 5.26. The van der Waals surface area contributed by atoms with Gasteiger partial charge in [0.25, 0.3) is 0 Å². The molecule has 1 fully saturated rings. The molecule has 1 aliphatic carbocycles. The first-order valence-electron chi connectivity index (χ1n) is 11.5. The molecule has 33 heavy (non-hydrogen) atoms. The summed E-state index contributed by atoms with van der Waals surface area (Å²) < 4.78 is 6.45. The summed E-state index contributed by atoms with van der Waals surface area (Å²) in [4.78, 5) is 18.9. The lowest BCUT2D eigenvalue weighted by molar-refractivity contribution is 0.0197. The van der Waals surface area contributed by atoms with Gasteiger partial charge in [0.05, 0.1) is 33.4 Å². The molecule has 3 aromatic heterocycles. The van der Waals surface area contributed by atoms with Gasteiger partial charge in [-0.1, -0.05) is 0 Å². The molecular weight excluding hydrogens is 436 g/mol. The number of fused-ring (bicyclic) bond motifs is 1. The largest absolute Gasteiger partial charge is 0.390 e. The number of anilines is 2. The summed E-state index contributed by atoms with van der Waals surface area (Å²) in [6, 6.07) is 2.23.